The Balaban J connectivity index is 1.48. The molecule has 1 fully saturated rings. The molecule has 4 rings (SSSR count). The molecule has 9 heteroatoms. The Hall–Kier alpha value is -3.07. The third-order valence-electron chi connectivity index (χ3n) is 5.16. The highest BCUT2D eigenvalue weighted by Gasteiger charge is 2.25. The number of nitrogens with zero attached hydrogens (tertiary/aromatic N) is 4. The Labute approximate surface area is 169 Å². The minimum absolute atomic E-state index is 0.200. The van der Waals surface area contributed by atoms with Gasteiger partial charge in [-0.15, -0.1) is 0 Å². The maximum absolute atomic E-state index is 12.9. The van der Waals surface area contributed by atoms with Crippen molar-refractivity contribution in [2.45, 2.75) is 13.0 Å². The highest BCUT2D eigenvalue weighted by Crippen LogP contribution is 2.35. The highest BCUT2D eigenvalue weighted by atomic mass is 16.5. The fraction of sp³-hybridized carbons (Fsp3) is 0.450. The third-order valence-corrected chi connectivity index (χ3v) is 5.16. The molecule has 1 N–H and O–H groups in total. The van der Waals surface area contributed by atoms with Crippen molar-refractivity contribution in [2.75, 3.05) is 57.3 Å². The largest absolute Gasteiger partial charge is 0.493 e. The summed E-state index contributed by atoms with van der Waals surface area (Å²) in [6.07, 6.45) is 2.61. The minimum atomic E-state index is -0.200. The number of benzene rings is 1. The molecule has 1 saturated heterocycles. The van der Waals surface area contributed by atoms with E-state index >= 15 is 0 Å². The lowest BCUT2D eigenvalue weighted by molar-refractivity contribution is 0.122. The average molecular weight is 399 g/mol. The minimum Gasteiger partial charge on any atom is -0.493 e. The van der Waals surface area contributed by atoms with Crippen molar-refractivity contribution in [3.63, 3.8) is 0 Å². The van der Waals surface area contributed by atoms with Gasteiger partial charge in [0.1, 0.15) is 0 Å². The van der Waals surface area contributed by atoms with E-state index in [1.165, 1.54) is 0 Å². The molecule has 0 unspecified atom stereocenters. The monoisotopic (exact) mass is 399 g/mol. The number of para-hydroxylation sites is 1. The molecule has 29 heavy (non-hydrogen) atoms. The van der Waals surface area contributed by atoms with Crippen LogP contribution in [0.1, 0.15) is 11.3 Å². The summed E-state index contributed by atoms with van der Waals surface area (Å²) in [4.78, 5) is 26.0. The molecule has 1 aromatic carbocycles. The van der Waals surface area contributed by atoms with E-state index in [1.807, 2.05) is 12.3 Å². The van der Waals surface area contributed by atoms with Crippen molar-refractivity contribution in [3.05, 3.63) is 35.7 Å². The van der Waals surface area contributed by atoms with E-state index in [-0.39, 0.29) is 6.03 Å². The van der Waals surface area contributed by atoms with Gasteiger partial charge in [-0.2, -0.15) is 0 Å². The molecule has 0 spiro atoms. The van der Waals surface area contributed by atoms with Crippen LogP contribution in [0.2, 0.25) is 0 Å². The van der Waals surface area contributed by atoms with E-state index in [0.717, 1.165) is 30.8 Å². The number of nitrogens with one attached hydrogen (secondary N) is 1. The van der Waals surface area contributed by atoms with E-state index in [2.05, 4.69) is 15.2 Å². The fourth-order valence-corrected chi connectivity index (χ4v) is 3.56. The van der Waals surface area contributed by atoms with E-state index in [0.29, 0.717) is 49.4 Å². The fourth-order valence-electron chi connectivity index (χ4n) is 3.56. The number of carbonyl (C=O) groups excluding carboxylic acids is 1. The molecule has 2 aliphatic rings. The standard InChI is InChI=1S/C20H25N5O4/c1-27-17-5-3-4-15(18(17)28-2)23-20(26)25-7-6-14-12-21-19(22-16(14)13-25)24-8-10-29-11-9-24/h3-5,12H,6-11,13H2,1-2H3,(H,23,26). The van der Waals surface area contributed by atoms with Crippen molar-refractivity contribution < 1.29 is 19.0 Å². The van der Waals surface area contributed by atoms with Gasteiger partial charge in [-0.3, -0.25) is 0 Å². The maximum Gasteiger partial charge on any atom is 0.322 e. The lowest BCUT2D eigenvalue weighted by Gasteiger charge is -2.31. The molecule has 2 amide bonds. The van der Waals surface area contributed by atoms with Crippen LogP contribution in [-0.4, -0.2) is 68.0 Å². The van der Waals surface area contributed by atoms with Gasteiger partial charge < -0.3 is 29.3 Å². The molecule has 2 aliphatic heterocycles. The smallest absolute Gasteiger partial charge is 0.322 e. The number of aromatic nitrogens is 2. The normalized spacial score (nSPS) is 16.2. The van der Waals surface area contributed by atoms with Gasteiger partial charge in [0.25, 0.3) is 0 Å². The molecule has 9 nitrogen and oxygen atoms in total. The van der Waals surface area contributed by atoms with Crippen molar-refractivity contribution in [1.29, 1.82) is 0 Å². The number of hydrogen-bond acceptors (Lipinski definition) is 7. The number of amides is 2. The summed E-state index contributed by atoms with van der Waals surface area (Å²) in [5.74, 6) is 1.76. The Morgan fingerprint density at radius 1 is 1.17 bits per heavy atom. The predicted molar refractivity (Wildman–Crippen MR) is 108 cm³/mol. The number of hydrogen-bond donors (Lipinski definition) is 1. The molecule has 0 bridgehead atoms. The molecular formula is C20H25N5O4. The highest BCUT2D eigenvalue weighted by molar-refractivity contribution is 5.91. The van der Waals surface area contributed by atoms with Crippen LogP contribution in [0.4, 0.5) is 16.4 Å². The zero-order valence-corrected chi connectivity index (χ0v) is 16.7. The molecule has 2 aromatic rings. The van der Waals surface area contributed by atoms with Gasteiger partial charge in [0.15, 0.2) is 11.5 Å². The van der Waals surface area contributed by atoms with Crippen molar-refractivity contribution in [1.82, 2.24) is 14.9 Å². The SMILES string of the molecule is COc1cccc(NC(=O)N2CCc3cnc(N4CCOCC4)nc3C2)c1OC. The van der Waals surface area contributed by atoms with Crippen molar-refractivity contribution >= 4 is 17.7 Å². The van der Waals surface area contributed by atoms with Crippen LogP contribution >= 0.6 is 0 Å². The molecular weight excluding hydrogens is 374 g/mol. The van der Waals surface area contributed by atoms with Crippen LogP contribution in [0.15, 0.2) is 24.4 Å². The van der Waals surface area contributed by atoms with Crippen LogP contribution in [0.25, 0.3) is 0 Å². The van der Waals surface area contributed by atoms with Gasteiger partial charge in [-0.25, -0.2) is 14.8 Å². The molecule has 0 atom stereocenters. The number of rotatable bonds is 4. The van der Waals surface area contributed by atoms with E-state index < -0.39 is 0 Å². The Kier molecular flexibility index (Phi) is 5.66. The second-order valence-corrected chi connectivity index (χ2v) is 6.88. The van der Waals surface area contributed by atoms with Crippen LogP contribution in [-0.2, 0) is 17.7 Å². The number of urea groups is 1. The Morgan fingerprint density at radius 2 is 2.00 bits per heavy atom. The third kappa shape index (κ3) is 4.04. The van der Waals surface area contributed by atoms with Crippen LogP contribution < -0.4 is 19.7 Å². The topological polar surface area (TPSA) is 89.1 Å². The number of anilines is 2. The van der Waals surface area contributed by atoms with Crippen LogP contribution in [0.3, 0.4) is 0 Å². The Morgan fingerprint density at radius 3 is 2.76 bits per heavy atom. The quantitative estimate of drug-likeness (QED) is 0.840. The summed E-state index contributed by atoms with van der Waals surface area (Å²) in [5.41, 5.74) is 2.55. The van der Waals surface area contributed by atoms with Gasteiger partial charge in [0.2, 0.25) is 5.95 Å². The van der Waals surface area contributed by atoms with Gasteiger partial charge in [-0.05, 0) is 24.1 Å². The first-order valence-electron chi connectivity index (χ1n) is 9.64. The number of fused-ring (bicyclic) bond motifs is 1. The molecule has 0 saturated carbocycles. The number of ether oxygens (including phenoxy) is 3. The lowest BCUT2D eigenvalue weighted by atomic mass is 10.1. The van der Waals surface area contributed by atoms with Crippen LogP contribution in [0, 0.1) is 0 Å². The first-order valence-corrected chi connectivity index (χ1v) is 9.64. The summed E-state index contributed by atoms with van der Waals surface area (Å²) in [7, 11) is 3.12. The zero-order valence-electron chi connectivity index (χ0n) is 16.7. The van der Waals surface area contributed by atoms with E-state index in [9.17, 15) is 4.79 Å². The van der Waals surface area contributed by atoms with E-state index in [1.54, 1.807) is 31.3 Å². The zero-order chi connectivity index (χ0) is 20.2. The second-order valence-electron chi connectivity index (χ2n) is 6.88. The maximum atomic E-state index is 12.9. The van der Waals surface area contributed by atoms with Crippen molar-refractivity contribution in [2.24, 2.45) is 0 Å². The summed E-state index contributed by atoms with van der Waals surface area (Å²) < 4.78 is 16.1. The average Bonchev–Trinajstić information content (AvgIpc) is 2.78. The van der Waals surface area contributed by atoms with Crippen molar-refractivity contribution in [3.8, 4) is 11.5 Å². The number of morpholine rings is 1. The summed E-state index contributed by atoms with van der Waals surface area (Å²) in [6, 6.07) is 5.18. The van der Waals surface area contributed by atoms with Gasteiger partial charge in [0.05, 0.1) is 45.4 Å². The summed E-state index contributed by atoms with van der Waals surface area (Å²) >= 11 is 0. The summed E-state index contributed by atoms with van der Waals surface area (Å²) in [6.45, 7) is 3.95. The van der Waals surface area contributed by atoms with Crippen LogP contribution in [0.5, 0.6) is 11.5 Å². The Bertz CT molecular complexity index is 885. The predicted octanol–water partition coefficient (Wildman–Crippen LogP) is 1.92. The second kappa shape index (κ2) is 8.52. The molecule has 3 heterocycles. The molecule has 154 valence electrons. The molecule has 1 aromatic heterocycles. The summed E-state index contributed by atoms with van der Waals surface area (Å²) in [5, 5.41) is 2.93. The molecule has 0 radical (unpaired) electrons. The van der Waals surface area contributed by atoms with Gasteiger partial charge in [-0.1, -0.05) is 6.07 Å². The lowest BCUT2D eigenvalue weighted by Crippen LogP contribution is -2.40. The van der Waals surface area contributed by atoms with Gasteiger partial charge in [0, 0.05) is 25.8 Å². The van der Waals surface area contributed by atoms with Gasteiger partial charge >= 0.3 is 6.03 Å². The van der Waals surface area contributed by atoms with E-state index in [4.69, 9.17) is 19.2 Å². The number of methoxy groups -OCH3 is 2. The first kappa shape index (κ1) is 19.3. The first-order chi connectivity index (χ1) is 14.2. The number of carbonyl (C=O) groups is 1. The molecule has 0 aliphatic carbocycles.